The number of hydrogen-bond donors (Lipinski definition) is 2. The van der Waals surface area contributed by atoms with Crippen LogP contribution < -0.4 is 5.73 Å². The Kier molecular flexibility index (Phi) is 3.56. The minimum atomic E-state index is -0.162. The third-order valence-electron chi connectivity index (χ3n) is 2.07. The van der Waals surface area contributed by atoms with Gasteiger partial charge in [-0.2, -0.15) is 0 Å². The van der Waals surface area contributed by atoms with Crippen LogP contribution >= 0.6 is 15.9 Å². The van der Waals surface area contributed by atoms with Gasteiger partial charge in [0.2, 0.25) is 0 Å². The molecule has 0 spiro atoms. The van der Waals surface area contributed by atoms with E-state index in [0.29, 0.717) is 5.75 Å². The number of aryl methyl sites for hydroxylation is 1. The number of phenols is 1. The van der Waals surface area contributed by atoms with E-state index in [4.69, 9.17) is 5.73 Å². The minimum absolute atomic E-state index is 0.162. The number of aromatic hydroxyl groups is 1. The quantitative estimate of drug-likeness (QED) is 0.875. The van der Waals surface area contributed by atoms with Gasteiger partial charge in [-0.1, -0.05) is 15.9 Å². The third-order valence-corrected chi connectivity index (χ3v) is 2.84. The number of benzene rings is 1. The van der Waals surface area contributed by atoms with Crippen molar-refractivity contribution in [2.45, 2.75) is 32.2 Å². The first-order chi connectivity index (χ1) is 6.38. The molecule has 0 radical (unpaired) electrons. The monoisotopic (exact) mass is 257 g/mol. The zero-order valence-electron chi connectivity index (χ0n) is 8.55. The van der Waals surface area contributed by atoms with Crippen LogP contribution in [0.2, 0.25) is 0 Å². The lowest BCUT2D eigenvalue weighted by Gasteiger charge is -2.18. The van der Waals surface area contributed by atoms with Crippen molar-refractivity contribution in [2.75, 3.05) is 0 Å². The molecule has 78 valence electrons. The molecule has 1 aromatic rings. The van der Waals surface area contributed by atoms with Gasteiger partial charge in [0.1, 0.15) is 5.75 Å². The summed E-state index contributed by atoms with van der Waals surface area (Å²) in [5, 5.41) is 9.31. The molecule has 0 aliphatic carbocycles. The maximum absolute atomic E-state index is 9.31. The molecule has 0 saturated heterocycles. The van der Waals surface area contributed by atoms with Gasteiger partial charge in [0.05, 0.1) is 0 Å². The lowest BCUT2D eigenvalue weighted by atomic mass is 9.96. The predicted molar refractivity (Wildman–Crippen MR) is 62.4 cm³/mol. The van der Waals surface area contributed by atoms with Crippen molar-refractivity contribution >= 4 is 15.9 Å². The highest BCUT2D eigenvalue weighted by Crippen LogP contribution is 2.24. The number of nitrogens with two attached hydrogens (primary N) is 1. The fourth-order valence-corrected chi connectivity index (χ4v) is 1.65. The summed E-state index contributed by atoms with van der Waals surface area (Å²) < 4.78 is 1.03. The van der Waals surface area contributed by atoms with E-state index >= 15 is 0 Å². The van der Waals surface area contributed by atoms with E-state index < -0.39 is 0 Å². The van der Waals surface area contributed by atoms with E-state index in [2.05, 4.69) is 15.9 Å². The van der Waals surface area contributed by atoms with Crippen LogP contribution in [0, 0.1) is 0 Å². The molecule has 0 aliphatic heterocycles. The zero-order valence-corrected chi connectivity index (χ0v) is 10.1. The molecule has 0 unspecified atom stereocenters. The van der Waals surface area contributed by atoms with Gasteiger partial charge in [0.25, 0.3) is 0 Å². The molecule has 3 heteroatoms. The molecule has 0 amide bonds. The minimum Gasteiger partial charge on any atom is -0.508 e. The first-order valence-corrected chi connectivity index (χ1v) is 5.44. The fourth-order valence-electron chi connectivity index (χ4n) is 1.21. The molecule has 0 aromatic heterocycles. The summed E-state index contributed by atoms with van der Waals surface area (Å²) in [5.74, 6) is 0.304. The van der Waals surface area contributed by atoms with Gasteiger partial charge in [-0.25, -0.2) is 0 Å². The van der Waals surface area contributed by atoms with Gasteiger partial charge in [-0.05, 0) is 50.5 Å². The van der Waals surface area contributed by atoms with Crippen LogP contribution in [0.25, 0.3) is 0 Å². The number of phenolic OH excluding ortho intramolecular Hbond substituents is 1. The van der Waals surface area contributed by atoms with Gasteiger partial charge in [-0.3, -0.25) is 0 Å². The topological polar surface area (TPSA) is 46.2 Å². The summed E-state index contributed by atoms with van der Waals surface area (Å²) in [7, 11) is 0. The van der Waals surface area contributed by atoms with Crippen molar-refractivity contribution in [1.29, 1.82) is 0 Å². The van der Waals surface area contributed by atoms with Crippen molar-refractivity contribution in [1.82, 2.24) is 0 Å². The van der Waals surface area contributed by atoms with Gasteiger partial charge in [-0.15, -0.1) is 0 Å². The first kappa shape index (κ1) is 11.5. The molecule has 1 aromatic carbocycles. The van der Waals surface area contributed by atoms with Gasteiger partial charge in [0.15, 0.2) is 0 Å². The standard InChI is InChI=1S/C11H16BrNO/c1-11(2,13)6-5-8-7-9(14)3-4-10(8)12/h3-4,7,14H,5-6,13H2,1-2H3. The smallest absolute Gasteiger partial charge is 0.115 e. The SMILES string of the molecule is CC(C)(N)CCc1cc(O)ccc1Br. The maximum atomic E-state index is 9.31. The van der Waals surface area contributed by atoms with E-state index in [0.717, 1.165) is 22.9 Å². The van der Waals surface area contributed by atoms with Crippen molar-refractivity contribution in [2.24, 2.45) is 5.73 Å². The molecule has 3 N–H and O–H groups in total. The summed E-state index contributed by atoms with van der Waals surface area (Å²) in [5.41, 5.74) is 6.83. The summed E-state index contributed by atoms with van der Waals surface area (Å²) in [4.78, 5) is 0. The Balaban J connectivity index is 2.72. The van der Waals surface area contributed by atoms with Crippen molar-refractivity contribution in [3.05, 3.63) is 28.2 Å². The number of rotatable bonds is 3. The molecule has 0 bridgehead atoms. The molecular formula is C11H16BrNO. The Morgan fingerprint density at radius 2 is 2.07 bits per heavy atom. The lowest BCUT2D eigenvalue weighted by molar-refractivity contribution is 0.466. The number of halogens is 1. The van der Waals surface area contributed by atoms with E-state index in [1.807, 2.05) is 19.9 Å². The number of hydrogen-bond acceptors (Lipinski definition) is 2. The van der Waals surface area contributed by atoms with E-state index in [1.165, 1.54) is 0 Å². The summed E-state index contributed by atoms with van der Waals surface area (Å²) in [6, 6.07) is 5.30. The van der Waals surface area contributed by atoms with Crippen molar-refractivity contribution in [3.8, 4) is 5.75 Å². The van der Waals surface area contributed by atoms with Crippen LogP contribution in [0.4, 0.5) is 0 Å². The highest BCUT2D eigenvalue weighted by atomic mass is 79.9. The van der Waals surface area contributed by atoms with Gasteiger partial charge < -0.3 is 10.8 Å². The molecule has 0 saturated carbocycles. The Hall–Kier alpha value is -0.540. The van der Waals surface area contributed by atoms with Crippen LogP contribution in [-0.4, -0.2) is 10.6 Å². The first-order valence-electron chi connectivity index (χ1n) is 4.65. The predicted octanol–water partition coefficient (Wildman–Crippen LogP) is 2.82. The van der Waals surface area contributed by atoms with Gasteiger partial charge >= 0.3 is 0 Å². The maximum Gasteiger partial charge on any atom is 0.115 e. The largest absolute Gasteiger partial charge is 0.508 e. The second kappa shape index (κ2) is 4.32. The lowest BCUT2D eigenvalue weighted by Crippen LogP contribution is -2.32. The van der Waals surface area contributed by atoms with E-state index in [9.17, 15) is 5.11 Å². The van der Waals surface area contributed by atoms with E-state index in [-0.39, 0.29) is 5.54 Å². The highest BCUT2D eigenvalue weighted by Gasteiger charge is 2.11. The Morgan fingerprint density at radius 1 is 1.43 bits per heavy atom. The molecule has 0 aliphatic rings. The second-order valence-electron chi connectivity index (χ2n) is 4.26. The Labute approximate surface area is 93.3 Å². The molecule has 0 atom stereocenters. The molecule has 0 heterocycles. The van der Waals surface area contributed by atoms with Gasteiger partial charge in [0, 0.05) is 10.0 Å². The third kappa shape index (κ3) is 3.68. The van der Waals surface area contributed by atoms with Crippen molar-refractivity contribution < 1.29 is 5.11 Å². The van der Waals surface area contributed by atoms with Crippen LogP contribution in [0.5, 0.6) is 5.75 Å². The van der Waals surface area contributed by atoms with Crippen LogP contribution in [-0.2, 0) is 6.42 Å². The average molecular weight is 258 g/mol. The zero-order chi connectivity index (χ0) is 10.8. The summed E-state index contributed by atoms with van der Waals surface area (Å²) in [6.07, 6.45) is 1.77. The Morgan fingerprint density at radius 3 is 2.64 bits per heavy atom. The normalized spacial score (nSPS) is 11.7. The highest BCUT2D eigenvalue weighted by molar-refractivity contribution is 9.10. The van der Waals surface area contributed by atoms with Crippen LogP contribution in [0.1, 0.15) is 25.8 Å². The molecule has 1 rings (SSSR count). The van der Waals surface area contributed by atoms with Crippen LogP contribution in [0.15, 0.2) is 22.7 Å². The summed E-state index contributed by atoms with van der Waals surface area (Å²) >= 11 is 3.45. The fraction of sp³-hybridized carbons (Fsp3) is 0.455. The Bertz CT molecular complexity index is 318. The molecule has 2 nitrogen and oxygen atoms in total. The molecular weight excluding hydrogens is 242 g/mol. The summed E-state index contributed by atoms with van der Waals surface area (Å²) in [6.45, 7) is 4.01. The van der Waals surface area contributed by atoms with E-state index in [1.54, 1.807) is 12.1 Å². The van der Waals surface area contributed by atoms with Crippen molar-refractivity contribution in [3.63, 3.8) is 0 Å². The average Bonchev–Trinajstić information content (AvgIpc) is 2.05. The molecule has 14 heavy (non-hydrogen) atoms. The van der Waals surface area contributed by atoms with Crippen LogP contribution in [0.3, 0.4) is 0 Å². The second-order valence-corrected chi connectivity index (χ2v) is 5.12. The molecule has 0 fully saturated rings.